The molecule has 0 aliphatic heterocycles. The van der Waals surface area contributed by atoms with Crippen LogP contribution in [0.3, 0.4) is 0 Å². The maximum Gasteiger partial charge on any atom is 0.469 e. The van der Waals surface area contributed by atoms with Crippen LogP contribution in [0.4, 0.5) is 10.9 Å². The van der Waals surface area contributed by atoms with Crippen LogP contribution < -0.4 is 11.1 Å². The van der Waals surface area contributed by atoms with Crippen molar-refractivity contribution in [1.82, 2.24) is 19.9 Å². The van der Waals surface area contributed by atoms with Gasteiger partial charge >= 0.3 is 7.82 Å². The fourth-order valence-electron chi connectivity index (χ4n) is 2.92. The Morgan fingerprint density at radius 2 is 2.03 bits per heavy atom. The zero-order valence-corrected chi connectivity index (χ0v) is 19.8. The number of hydrogen-bond acceptors (Lipinski definition) is 10. The minimum absolute atomic E-state index is 0.00642. The first-order valence-electron chi connectivity index (χ1n) is 9.59. The van der Waals surface area contributed by atoms with Gasteiger partial charge in [0.05, 0.1) is 23.6 Å². The van der Waals surface area contributed by atoms with E-state index in [0.717, 1.165) is 5.69 Å². The van der Waals surface area contributed by atoms with Gasteiger partial charge in [0.1, 0.15) is 4.70 Å². The van der Waals surface area contributed by atoms with Crippen LogP contribution in [-0.4, -0.2) is 42.4 Å². The van der Waals surface area contributed by atoms with Crippen LogP contribution in [0, 0.1) is 5.92 Å². The van der Waals surface area contributed by atoms with Gasteiger partial charge in [-0.05, 0) is 31.4 Å². The highest BCUT2D eigenvalue weighted by Gasteiger charge is 2.22. The summed E-state index contributed by atoms with van der Waals surface area (Å²) in [6, 6.07) is 5.35. The second-order valence-electron chi connectivity index (χ2n) is 7.33. The van der Waals surface area contributed by atoms with Crippen molar-refractivity contribution in [3.63, 3.8) is 0 Å². The molecule has 5 N–H and O–H groups in total. The van der Waals surface area contributed by atoms with Gasteiger partial charge in [-0.1, -0.05) is 43.0 Å². The standard InChI is InChI=1S/C18H25N6O4PS2/c1-10(2)8-12(9-28-29(25,26)27)21-15-14-16(22-17(19)31-14)24-18(23-15)30-11(3)13-6-4-5-7-20-13/h4-7,10-12H,8-9H2,1-3H3,(H2,25,26,27)(H3,19,21,22,23,24)/t11?,12-/m1/s1. The lowest BCUT2D eigenvalue weighted by Crippen LogP contribution is -2.27. The number of nitrogens with one attached hydrogen (secondary N) is 1. The number of thioether (sulfide) groups is 1. The molecule has 0 radical (unpaired) electrons. The van der Waals surface area contributed by atoms with E-state index in [1.54, 1.807) is 6.20 Å². The Hall–Kier alpha value is -1.82. The van der Waals surface area contributed by atoms with E-state index in [2.05, 4.69) is 25.3 Å². The van der Waals surface area contributed by atoms with E-state index in [4.69, 9.17) is 20.0 Å². The van der Waals surface area contributed by atoms with E-state index >= 15 is 0 Å². The SMILES string of the molecule is CC(C)C[C@H](COP(=O)(O)O)Nc1nc(SC(C)c2ccccn2)nc2nc(N)sc12. The molecular weight excluding hydrogens is 459 g/mol. The van der Waals surface area contributed by atoms with Gasteiger partial charge in [0.15, 0.2) is 21.8 Å². The molecule has 31 heavy (non-hydrogen) atoms. The number of anilines is 2. The zero-order chi connectivity index (χ0) is 22.6. The van der Waals surface area contributed by atoms with Gasteiger partial charge in [-0.25, -0.2) is 19.5 Å². The number of phosphoric ester groups is 1. The molecule has 0 saturated carbocycles. The number of thiazole rings is 1. The van der Waals surface area contributed by atoms with Crippen LogP contribution >= 0.6 is 30.9 Å². The van der Waals surface area contributed by atoms with E-state index in [0.29, 0.717) is 32.9 Å². The number of phosphoric acid groups is 1. The molecule has 0 aliphatic rings. The van der Waals surface area contributed by atoms with Crippen molar-refractivity contribution in [3.8, 4) is 0 Å². The number of hydrogen-bond donors (Lipinski definition) is 4. The van der Waals surface area contributed by atoms with Crippen LogP contribution in [0.15, 0.2) is 29.6 Å². The highest BCUT2D eigenvalue weighted by molar-refractivity contribution is 7.99. The Bertz CT molecular complexity index is 1060. The Labute approximate surface area is 188 Å². The Morgan fingerprint density at radius 1 is 1.26 bits per heavy atom. The molecule has 3 aromatic heterocycles. The minimum Gasteiger partial charge on any atom is -0.375 e. The lowest BCUT2D eigenvalue weighted by molar-refractivity contribution is 0.184. The summed E-state index contributed by atoms with van der Waals surface area (Å²) in [7, 11) is -4.59. The third-order valence-corrected chi connectivity index (χ3v) is 6.53. The average molecular weight is 485 g/mol. The van der Waals surface area contributed by atoms with Crippen LogP contribution in [0.2, 0.25) is 0 Å². The smallest absolute Gasteiger partial charge is 0.375 e. The number of pyridine rings is 1. The van der Waals surface area contributed by atoms with Gasteiger partial charge in [0, 0.05) is 6.20 Å². The van der Waals surface area contributed by atoms with Gasteiger partial charge < -0.3 is 20.8 Å². The zero-order valence-electron chi connectivity index (χ0n) is 17.3. The van der Waals surface area contributed by atoms with Crippen molar-refractivity contribution in [3.05, 3.63) is 30.1 Å². The van der Waals surface area contributed by atoms with Gasteiger partial charge in [0.2, 0.25) is 0 Å². The Kier molecular flexibility index (Phi) is 7.84. The van der Waals surface area contributed by atoms with Crippen molar-refractivity contribution < 1.29 is 18.9 Å². The van der Waals surface area contributed by atoms with Crippen molar-refractivity contribution >= 4 is 52.2 Å². The summed E-state index contributed by atoms with van der Waals surface area (Å²) in [5.74, 6) is 0.773. The molecule has 0 saturated heterocycles. The van der Waals surface area contributed by atoms with E-state index in [9.17, 15) is 4.57 Å². The molecule has 168 valence electrons. The molecule has 0 aromatic carbocycles. The quantitative estimate of drug-likeness (QED) is 0.188. The largest absolute Gasteiger partial charge is 0.469 e. The second kappa shape index (κ2) is 10.2. The fraction of sp³-hybridized carbons (Fsp3) is 0.444. The lowest BCUT2D eigenvalue weighted by atomic mass is 10.0. The van der Waals surface area contributed by atoms with Crippen LogP contribution in [-0.2, 0) is 9.09 Å². The first-order chi connectivity index (χ1) is 14.6. The third kappa shape index (κ3) is 7.09. The van der Waals surface area contributed by atoms with E-state index < -0.39 is 7.82 Å². The second-order valence-corrected chi connectivity index (χ2v) is 10.9. The van der Waals surface area contributed by atoms with E-state index in [-0.39, 0.29) is 23.8 Å². The maximum absolute atomic E-state index is 11.2. The number of fused-ring (bicyclic) bond motifs is 1. The summed E-state index contributed by atoms with van der Waals surface area (Å²) in [5.41, 5.74) is 7.26. The predicted octanol–water partition coefficient (Wildman–Crippen LogP) is 3.85. The lowest BCUT2D eigenvalue weighted by Gasteiger charge is -2.22. The van der Waals surface area contributed by atoms with E-state index in [1.807, 2.05) is 39.0 Å². The molecule has 0 amide bonds. The summed E-state index contributed by atoms with van der Waals surface area (Å²) in [6.45, 7) is 5.87. The van der Waals surface area contributed by atoms with Gasteiger partial charge in [-0.15, -0.1) is 0 Å². The van der Waals surface area contributed by atoms with Gasteiger partial charge in [-0.2, -0.15) is 0 Å². The molecule has 0 aliphatic carbocycles. The summed E-state index contributed by atoms with van der Waals surface area (Å²) >= 11 is 2.69. The number of rotatable bonds is 10. The Morgan fingerprint density at radius 3 is 2.68 bits per heavy atom. The molecule has 0 spiro atoms. The normalized spacial score (nSPS) is 14.1. The molecule has 3 heterocycles. The monoisotopic (exact) mass is 484 g/mol. The molecule has 10 nitrogen and oxygen atoms in total. The number of aromatic nitrogens is 4. The number of nitrogens with zero attached hydrogens (tertiary/aromatic N) is 4. The molecule has 0 fully saturated rings. The van der Waals surface area contributed by atoms with Crippen LogP contribution in [0.25, 0.3) is 10.3 Å². The van der Waals surface area contributed by atoms with E-state index in [1.165, 1.54) is 23.1 Å². The van der Waals surface area contributed by atoms with Crippen molar-refractivity contribution in [1.29, 1.82) is 0 Å². The minimum atomic E-state index is -4.59. The summed E-state index contributed by atoms with van der Waals surface area (Å²) in [4.78, 5) is 36.0. The molecule has 0 bridgehead atoms. The molecule has 13 heteroatoms. The van der Waals surface area contributed by atoms with Crippen LogP contribution in [0.1, 0.15) is 38.1 Å². The predicted molar refractivity (Wildman–Crippen MR) is 123 cm³/mol. The third-order valence-electron chi connectivity index (χ3n) is 4.18. The number of nitrogen functional groups attached to an aromatic ring is 1. The van der Waals surface area contributed by atoms with Gasteiger partial charge in [-0.3, -0.25) is 9.51 Å². The Balaban J connectivity index is 1.89. The fourth-order valence-corrected chi connectivity index (χ4v) is 4.88. The highest BCUT2D eigenvalue weighted by atomic mass is 32.2. The van der Waals surface area contributed by atoms with Crippen molar-refractivity contribution in [2.24, 2.45) is 5.92 Å². The summed E-state index contributed by atoms with van der Waals surface area (Å²) < 4.78 is 16.6. The molecule has 3 rings (SSSR count). The summed E-state index contributed by atoms with van der Waals surface area (Å²) in [5, 5.41) is 4.12. The first kappa shape index (κ1) is 23.8. The topological polar surface area (TPSA) is 156 Å². The van der Waals surface area contributed by atoms with Crippen molar-refractivity contribution in [2.45, 2.75) is 43.6 Å². The molecule has 3 aromatic rings. The maximum atomic E-state index is 11.2. The van der Waals surface area contributed by atoms with Crippen molar-refractivity contribution in [2.75, 3.05) is 17.7 Å². The first-order valence-corrected chi connectivity index (χ1v) is 12.8. The highest BCUT2D eigenvalue weighted by Crippen LogP contribution is 2.38. The molecule has 1 unspecified atom stereocenters. The number of nitrogens with two attached hydrogens (primary N) is 1. The molecular formula is C18H25N6O4PS2. The summed E-state index contributed by atoms with van der Waals surface area (Å²) in [6.07, 6.45) is 2.36. The van der Waals surface area contributed by atoms with Crippen LogP contribution in [0.5, 0.6) is 0 Å². The van der Waals surface area contributed by atoms with Gasteiger partial charge in [0.25, 0.3) is 0 Å². The molecule has 2 atom stereocenters. The average Bonchev–Trinajstić information content (AvgIpc) is 3.06.